The third-order valence-electron chi connectivity index (χ3n) is 14.3. The van der Waals surface area contributed by atoms with Crippen LogP contribution in [0, 0.1) is 58.2 Å². The number of hydrogen-bond acceptors (Lipinski definition) is 4. The quantitative estimate of drug-likeness (QED) is 0.0572. The third kappa shape index (κ3) is 8.43. The van der Waals surface area contributed by atoms with E-state index in [1.165, 1.54) is 49.1 Å². The van der Waals surface area contributed by atoms with Crippen molar-refractivity contribution in [3.8, 4) is 0 Å². The van der Waals surface area contributed by atoms with E-state index in [1.807, 2.05) is 48.5 Å². The molecular weight excluding hydrogens is 1050 g/mol. The Labute approximate surface area is 445 Å². The average Bonchev–Trinajstić information content (AvgIpc) is 4.34. The summed E-state index contributed by atoms with van der Waals surface area (Å²) in [5.74, 6) is -24.1. The van der Waals surface area contributed by atoms with Crippen LogP contribution < -0.4 is 0 Å². The van der Waals surface area contributed by atoms with Crippen molar-refractivity contribution in [3.63, 3.8) is 0 Å². The van der Waals surface area contributed by atoms with E-state index < -0.39 is 81.1 Å². The van der Waals surface area contributed by atoms with Crippen LogP contribution in [0.15, 0.2) is 166 Å². The van der Waals surface area contributed by atoms with E-state index in [9.17, 15) is 26.3 Å². The van der Waals surface area contributed by atoms with Crippen LogP contribution in [0.5, 0.6) is 0 Å². The van der Waals surface area contributed by atoms with Gasteiger partial charge >= 0.3 is 0 Å². The largest absolute Gasteiger partial charge is 0.357 e. The number of nitrogens with one attached hydrogen (secondary N) is 4. The summed E-state index contributed by atoms with van der Waals surface area (Å²) in [7, 11) is 0. The Hall–Kier alpha value is -10.1. The zero-order chi connectivity index (χ0) is 55.1. The number of aromatic nitrogens is 4. The SMILES string of the molecule is Fc1c(F)c(F)c(C2c3ccc([nH]3)C=Nc3cccc4cc5c(cccc5cc34)N=Cc3ccc([nH]3)C(c3c(F)c(F)c(F)c(F)c3F)c3ccc([nH]3)C=Nc3cccc4cc5c(cccc5cc34)N=Cc3ccc2[nH]3)c(F)c1F. The van der Waals surface area contributed by atoms with Crippen LogP contribution in [0.2, 0.25) is 0 Å². The predicted molar refractivity (Wildman–Crippen MR) is 289 cm³/mol. The van der Waals surface area contributed by atoms with Crippen LogP contribution in [0.1, 0.15) is 68.5 Å². The van der Waals surface area contributed by atoms with Crippen molar-refractivity contribution in [3.05, 3.63) is 260 Å². The molecule has 0 radical (unpaired) electrons. The molecule has 0 aliphatic carbocycles. The lowest BCUT2D eigenvalue weighted by Crippen LogP contribution is -2.14. The minimum absolute atomic E-state index is 0.0771. The van der Waals surface area contributed by atoms with Gasteiger partial charge in [0.1, 0.15) is 0 Å². The number of nitrogens with zero attached hydrogens (tertiary/aromatic N) is 4. The number of halogens is 10. The fourth-order valence-corrected chi connectivity index (χ4v) is 10.4. The fourth-order valence-electron chi connectivity index (χ4n) is 10.4. The molecule has 0 saturated carbocycles. The summed E-state index contributed by atoms with van der Waals surface area (Å²) in [6.45, 7) is 0. The van der Waals surface area contributed by atoms with Crippen LogP contribution in [0.4, 0.5) is 66.7 Å². The van der Waals surface area contributed by atoms with Gasteiger partial charge < -0.3 is 19.9 Å². The highest BCUT2D eigenvalue weighted by molar-refractivity contribution is 6.09. The molecule has 8 heterocycles. The molecule has 18 heteroatoms. The van der Waals surface area contributed by atoms with Crippen molar-refractivity contribution < 1.29 is 43.9 Å². The van der Waals surface area contributed by atoms with Gasteiger partial charge in [-0.3, -0.25) is 20.0 Å². The van der Waals surface area contributed by atoms with Gasteiger partial charge in [0.2, 0.25) is 11.6 Å². The molecule has 0 amide bonds. The van der Waals surface area contributed by atoms with E-state index in [4.69, 9.17) is 20.0 Å². The number of H-pyrrole nitrogens is 4. The fraction of sp³-hybridized carbons (Fsp3) is 0.0323. The van der Waals surface area contributed by atoms with E-state index in [2.05, 4.69) is 19.9 Å². The van der Waals surface area contributed by atoms with Crippen molar-refractivity contribution in [1.29, 1.82) is 0 Å². The summed E-state index contributed by atoms with van der Waals surface area (Å²) in [6, 6.07) is 41.4. The molecule has 392 valence electrons. The van der Waals surface area contributed by atoms with Crippen molar-refractivity contribution in [2.75, 3.05) is 0 Å². The normalized spacial score (nSPS) is 14.7. The molecule has 8 aromatic carbocycles. The smallest absolute Gasteiger partial charge is 0.200 e. The first kappa shape index (κ1) is 49.5. The Bertz CT molecular complexity index is 4080. The van der Waals surface area contributed by atoms with Crippen LogP contribution in [0.25, 0.3) is 43.1 Å². The van der Waals surface area contributed by atoms with Gasteiger partial charge in [-0.15, -0.1) is 0 Å². The summed E-state index contributed by atoms with van der Waals surface area (Å²) < 4.78 is 152. The Balaban J connectivity index is 0.964. The van der Waals surface area contributed by atoms with E-state index >= 15 is 17.6 Å². The summed E-state index contributed by atoms with van der Waals surface area (Å²) in [6.07, 6.45) is 5.87. The Morgan fingerprint density at radius 2 is 0.487 bits per heavy atom. The maximum atomic E-state index is 15.8. The molecule has 4 N–H and O–H groups in total. The van der Waals surface area contributed by atoms with Gasteiger partial charge in [-0.25, -0.2) is 43.9 Å². The minimum atomic E-state index is -2.29. The van der Waals surface area contributed by atoms with E-state index in [1.54, 1.807) is 72.8 Å². The standard InChI is InChI=1S/C62H34F10N8/c63-53-51(54(64)58(68)61(71)57(53)67)49-45-17-13-33(77-45)25-73-41-9-1-5-29-21-38-30(22-37(29)41)6-2-10-42(38)74-26-34-14-18-47(78-34)50(52-55(65)59(69)62(72)60(70)56(52)66)48-20-16-36(80-48)28-76-44-12-4-8-32-23-39-31(24-40(32)44)7-3-11-43(39)75-27-35-15-19-46(49)79-35/h1-28,49-50,77-80H. The molecule has 0 fully saturated rings. The lowest BCUT2D eigenvalue weighted by molar-refractivity contribution is 0.368. The zero-order valence-electron chi connectivity index (χ0n) is 40.9. The Kier molecular flexibility index (Phi) is 12.0. The lowest BCUT2D eigenvalue weighted by atomic mass is 9.91. The van der Waals surface area contributed by atoms with Gasteiger partial charge in [0.15, 0.2) is 46.5 Å². The van der Waals surface area contributed by atoms with E-state index in [0.717, 1.165) is 43.1 Å². The van der Waals surface area contributed by atoms with Crippen molar-refractivity contribution in [2.45, 2.75) is 11.8 Å². The maximum absolute atomic E-state index is 15.8. The molecule has 0 unspecified atom stereocenters. The van der Waals surface area contributed by atoms with Crippen LogP contribution in [0.3, 0.4) is 0 Å². The highest BCUT2D eigenvalue weighted by Gasteiger charge is 2.35. The number of benzene rings is 8. The summed E-state index contributed by atoms with van der Waals surface area (Å²) in [4.78, 5) is 31.2. The van der Waals surface area contributed by atoms with Gasteiger partial charge in [0, 0.05) is 55.4 Å². The highest BCUT2D eigenvalue weighted by Crippen LogP contribution is 2.41. The highest BCUT2D eigenvalue weighted by atomic mass is 19.2. The van der Waals surface area contributed by atoms with Gasteiger partial charge in [-0.2, -0.15) is 0 Å². The number of rotatable bonds is 2. The molecule has 4 aliphatic heterocycles. The third-order valence-corrected chi connectivity index (χ3v) is 14.3. The van der Waals surface area contributed by atoms with E-state index in [0.29, 0.717) is 45.5 Å². The predicted octanol–water partition coefficient (Wildman–Crippen LogP) is 16.7. The number of aromatic amines is 4. The first-order valence-corrected chi connectivity index (χ1v) is 24.6. The van der Waals surface area contributed by atoms with Crippen molar-refractivity contribution in [1.82, 2.24) is 19.9 Å². The molecule has 4 aliphatic rings. The molecule has 0 spiro atoms. The summed E-state index contributed by atoms with van der Waals surface area (Å²) in [5.41, 5.74) is 1.55. The van der Waals surface area contributed by atoms with Gasteiger partial charge in [0.25, 0.3) is 0 Å². The second kappa shape index (κ2) is 19.4. The molecule has 4 aromatic heterocycles. The maximum Gasteiger partial charge on any atom is 0.200 e. The first-order valence-electron chi connectivity index (χ1n) is 24.6. The average molecular weight is 1080 g/mol. The van der Waals surface area contributed by atoms with Gasteiger partial charge in [0.05, 0.1) is 82.2 Å². The summed E-state index contributed by atoms with van der Waals surface area (Å²) in [5, 5.41) is 5.91. The Morgan fingerprint density at radius 1 is 0.263 bits per heavy atom. The molecule has 12 aromatic rings. The van der Waals surface area contributed by atoms with Crippen molar-refractivity contribution >= 4 is 90.7 Å². The first-order chi connectivity index (χ1) is 38.8. The molecule has 20 bridgehead atoms. The number of aliphatic imine (C=N–C) groups is 4. The van der Waals surface area contributed by atoms with Gasteiger partial charge in [-0.1, -0.05) is 48.5 Å². The zero-order valence-corrected chi connectivity index (χ0v) is 40.9. The molecule has 8 nitrogen and oxygen atoms in total. The monoisotopic (exact) mass is 1080 g/mol. The van der Waals surface area contributed by atoms with Crippen molar-refractivity contribution in [2.24, 2.45) is 20.0 Å². The van der Waals surface area contributed by atoms with Crippen LogP contribution in [-0.2, 0) is 0 Å². The molecule has 80 heavy (non-hydrogen) atoms. The second-order valence-corrected chi connectivity index (χ2v) is 19.0. The Morgan fingerprint density at radius 3 is 0.725 bits per heavy atom. The van der Waals surface area contributed by atoms with Crippen LogP contribution >= 0.6 is 0 Å². The molecule has 0 atom stereocenters. The van der Waals surface area contributed by atoms with Crippen LogP contribution in [-0.4, -0.2) is 44.8 Å². The van der Waals surface area contributed by atoms with E-state index in [-0.39, 0.29) is 22.8 Å². The summed E-state index contributed by atoms with van der Waals surface area (Å²) >= 11 is 0. The van der Waals surface area contributed by atoms with Gasteiger partial charge in [-0.05, 0) is 119 Å². The molecular formula is C62H34F10N8. The number of hydrogen-bond donors (Lipinski definition) is 4. The molecule has 16 rings (SSSR count). The lowest BCUT2D eigenvalue weighted by Gasteiger charge is -2.18. The topological polar surface area (TPSA) is 113 Å². The molecule has 0 saturated heterocycles. The second-order valence-electron chi connectivity index (χ2n) is 19.0. The minimum Gasteiger partial charge on any atom is -0.357 e.